The first kappa shape index (κ1) is 19.0. The van der Waals surface area contributed by atoms with Crippen LogP contribution in [0.3, 0.4) is 0 Å². The van der Waals surface area contributed by atoms with Crippen molar-refractivity contribution in [2.24, 2.45) is 5.14 Å². The monoisotopic (exact) mass is 408 g/mol. The summed E-state index contributed by atoms with van der Waals surface area (Å²) in [5, 5.41) is 9.12. The lowest BCUT2D eigenvalue weighted by Crippen LogP contribution is -2.13. The smallest absolute Gasteiger partial charge is 0.239 e. The van der Waals surface area contributed by atoms with E-state index < -0.39 is 10.0 Å². The summed E-state index contributed by atoms with van der Waals surface area (Å²) >= 11 is 0. The topological polar surface area (TPSA) is 116 Å². The SMILES string of the molecule is Cc1nc(NCc2ccccc2)nc(-n2c(C)cc3c(S(N)(=O)=O)cccc32)n1. The average Bonchev–Trinajstić information content (AvgIpc) is 3.01. The van der Waals surface area contributed by atoms with E-state index >= 15 is 0 Å². The van der Waals surface area contributed by atoms with Crippen LogP contribution in [0, 0.1) is 13.8 Å². The second-order valence-corrected chi connectivity index (χ2v) is 8.23. The van der Waals surface area contributed by atoms with Gasteiger partial charge in [0.05, 0.1) is 10.4 Å². The van der Waals surface area contributed by atoms with Gasteiger partial charge < -0.3 is 5.32 Å². The van der Waals surface area contributed by atoms with Crippen LogP contribution in [0.25, 0.3) is 16.9 Å². The molecule has 8 nitrogen and oxygen atoms in total. The lowest BCUT2D eigenvalue weighted by atomic mass is 10.2. The normalized spacial score (nSPS) is 11.7. The summed E-state index contributed by atoms with van der Waals surface area (Å²) in [5.74, 6) is 1.40. The van der Waals surface area contributed by atoms with Gasteiger partial charge in [0.1, 0.15) is 5.82 Å². The number of aromatic nitrogens is 4. The zero-order chi connectivity index (χ0) is 20.6. The van der Waals surface area contributed by atoms with Crippen LogP contribution in [0.4, 0.5) is 5.95 Å². The molecule has 0 bridgehead atoms. The standard InChI is InChI=1S/C20H20N6O2S/c1-13-11-16-17(9-6-10-18(16)29(21,27)28)26(13)20-24-14(2)23-19(25-20)22-12-15-7-4-3-5-8-15/h3-11H,12H2,1-2H3,(H2,21,27,28)(H,22,23,24,25). The molecule has 2 aromatic heterocycles. The van der Waals surface area contributed by atoms with Gasteiger partial charge in [-0.3, -0.25) is 4.57 Å². The third kappa shape index (κ3) is 3.82. The minimum atomic E-state index is -3.85. The fourth-order valence-corrected chi connectivity index (χ4v) is 4.01. The molecule has 0 atom stereocenters. The average molecular weight is 408 g/mol. The molecule has 0 aliphatic heterocycles. The highest BCUT2D eigenvalue weighted by Gasteiger charge is 2.18. The van der Waals surface area contributed by atoms with Crippen LogP contribution < -0.4 is 10.5 Å². The molecule has 0 radical (unpaired) electrons. The van der Waals surface area contributed by atoms with Gasteiger partial charge in [-0.05, 0) is 37.6 Å². The highest BCUT2D eigenvalue weighted by molar-refractivity contribution is 7.89. The van der Waals surface area contributed by atoms with Crippen LogP contribution in [-0.4, -0.2) is 27.9 Å². The fourth-order valence-electron chi connectivity index (χ4n) is 3.27. The Labute approximate surface area is 168 Å². The summed E-state index contributed by atoms with van der Waals surface area (Å²) in [6.45, 7) is 4.23. The summed E-state index contributed by atoms with van der Waals surface area (Å²) in [7, 11) is -3.85. The minimum Gasteiger partial charge on any atom is -0.350 e. The Morgan fingerprint density at radius 2 is 1.76 bits per heavy atom. The van der Waals surface area contributed by atoms with Gasteiger partial charge in [-0.25, -0.2) is 13.6 Å². The Bertz CT molecular complexity index is 1300. The van der Waals surface area contributed by atoms with Crippen LogP contribution in [0.2, 0.25) is 0 Å². The molecule has 4 rings (SSSR count). The highest BCUT2D eigenvalue weighted by Crippen LogP contribution is 2.28. The van der Waals surface area contributed by atoms with E-state index in [-0.39, 0.29) is 4.90 Å². The number of nitrogens with two attached hydrogens (primary N) is 1. The molecule has 0 amide bonds. The summed E-state index contributed by atoms with van der Waals surface area (Å²) in [6, 6.07) is 16.7. The molecule has 2 aromatic carbocycles. The Balaban J connectivity index is 1.78. The van der Waals surface area contributed by atoms with Gasteiger partial charge in [-0.15, -0.1) is 0 Å². The van der Waals surface area contributed by atoms with E-state index in [2.05, 4.69) is 20.3 Å². The molecule has 0 saturated carbocycles. The first-order valence-electron chi connectivity index (χ1n) is 8.97. The Morgan fingerprint density at radius 1 is 1.00 bits per heavy atom. The number of rotatable bonds is 5. The summed E-state index contributed by atoms with van der Waals surface area (Å²) < 4.78 is 25.7. The van der Waals surface area contributed by atoms with E-state index in [1.807, 2.05) is 43.3 Å². The molecule has 4 aromatic rings. The molecule has 0 unspecified atom stereocenters. The van der Waals surface area contributed by atoms with Crippen LogP contribution in [-0.2, 0) is 16.6 Å². The maximum Gasteiger partial charge on any atom is 0.239 e. The van der Waals surface area contributed by atoms with Crippen molar-refractivity contribution in [2.45, 2.75) is 25.3 Å². The number of hydrogen-bond donors (Lipinski definition) is 2. The summed E-state index contributed by atoms with van der Waals surface area (Å²) in [5.41, 5.74) is 2.55. The van der Waals surface area contributed by atoms with Gasteiger partial charge >= 0.3 is 0 Å². The van der Waals surface area contributed by atoms with Gasteiger partial charge in [-0.2, -0.15) is 15.0 Å². The van der Waals surface area contributed by atoms with E-state index in [0.717, 1.165) is 11.3 Å². The number of fused-ring (bicyclic) bond motifs is 1. The number of hydrogen-bond acceptors (Lipinski definition) is 6. The lowest BCUT2D eigenvalue weighted by molar-refractivity contribution is 0.598. The largest absolute Gasteiger partial charge is 0.350 e. The van der Waals surface area contributed by atoms with Crippen LogP contribution in [0.1, 0.15) is 17.1 Å². The number of nitrogens with one attached hydrogen (secondary N) is 1. The number of primary sulfonamides is 1. The summed E-state index contributed by atoms with van der Waals surface area (Å²) in [6.07, 6.45) is 0. The van der Waals surface area contributed by atoms with E-state index in [1.54, 1.807) is 23.6 Å². The second kappa shape index (κ2) is 7.26. The van der Waals surface area contributed by atoms with Crippen molar-refractivity contribution in [3.05, 3.63) is 71.7 Å². The number of aryl methyl sites for hydroxylation is 2. The van der Waals surface area contributed by atoms with Crippen molar-refractivity contribution in [3.8, 4) is 5.95 Å². The maximum atomic E-state index is 11.9. The first-order chi connectivity index (χ1) is 13.8. The van der Waals surface area contributed by atoms with Crippen molar-refractivity contribution in [2.75, 3.05) is 5.32 Å². The van der Waals surface area contributed by atoms with Crippen molar-refractivity contribution in [1.29, 1.82) is 0 Å². The molecular weight excluding hydrogens is 388 g/mol. The van der Waals surface area contributed by atoms with Crippen LogP contribution in [0.15, 0.2) is 59.5 Å². The van der Waals surface area contributed by atoms with Crippen molar-refractivity contribution >= 4 is 26.9 Å². The van der Waals surface area contributed by atoms with Crippen molar-refractivity contribution in [1.82, 2.24) is 19.5 Å². The van der Waals surface area contributed by atoms with Gasteiger partial charge in [0.2, 0.25) is 21.9 Å². The highest BCUT2D eigenvalue weighted by atomic mass is 32.2. The zero-order valence-electron chi connectivity index (χ0n) is 16.0. The lowest BCUT2D eigenvalue weighted by Gasteiger charge is -2.11. The van der Waals surface area contributed by atoms with Crippen molar-refractivity contribution in [3.63, 3.8) is 0 Å². The van der Waals surface area contributed by atoms with E-state index in [1.165, 1.54) is 6.07 Å². The summed E-state index contributed by atoms with van der Waals surface area (Å²) in [4.78, 5) is 13.4. The molecule has 0 aliphatic carbocycles. The number of anilines is 1. The predicted molar refractivity (Wildman–Crippen MR) is 111 cm³/mol. The molecule has 0 saturated heterocycles. The molecule has 148 valence electrons. The molecule has 3 N–H and O–H groups in total. The number of benzene rings is 2. The molecular formula is C20H20N6O2S. The van der Waals surface area contributed by atoms with Crippen LogP contribution >= 0.6 is 0 Å². The molecule has 0 fully saturated rings. The Morgan fingerprint density at radius 3 is 2.48 bits per heavy atom. The predicted octanol–water partition coefficient (Wildman–Crippen LogP) is 2.69. The van der Waals surface area contributed by atoms with Gasteiger partial charge in [0.15, 0.2) is 0 Å². The third-order valence-electron chi connectivity index (χ3n) is 4.53. The molecule has 29 heavy (non-hydrogen) atoms. The quantitative estimate of drug-likeness (QED) is 0.524. The minimum absolute atomic E-state index is 0.0741. The van der Waals surface area contributed by atoms with E-state index in [4.69, 9.17) is 5.14 Å². The number of nitrogens with zero attached hydrogens (tertiary/aromatic N) is 4. The van der Waals surface area contributed by atoms with Gasteiger partial charge in [0.25, 0.3) is 0 Å². The van der Waals surface area contributed by atoms with Gasteiger partial charge in [-0.1, -0.05) is 36.4 Å². The molecule has 0 spiro atoms. The fraction of sp³-hybridized carbons (Fsp3) is 0.150. The molecule has 0 aliphatic rings. The Hall–Kier alpha value is -3.30. The maximum absolute atomic E-state index is 11.9. The molecule has 9 heteroatoms. The second-order valence-electron chi connectivity index (χ2n) is 6.70. The van der Waals surface area contributed by atoms with E-state index in [0.29, 0.717) is 35.2 Å². The van der Waals surface area contributed by atoms with Crippen molar-refractivity contribution < 1.29 is 8.42 Å². The van der Waals surface area contributed by atoms with Gasteiger partial charge in [0, 0.05) is 17.6 Å². The number of sulfonamides is 1. The zero-order valence-corrected chi connectivity index (χ0v) is 16.8. The van der Waals surface area contributed by atoms with E-state index in [9.17, 15) is 8.42 Å². The first-order valence-corrected chi connectivity index (χ1v) is 10.5. The Kier molecular flexibility index (Phi) is 4.77. The third-order valence-corrected chi connectivity index (χ3v) is 5.49. The van der Waals surface area contributed by atoms with Crippen LogP contribution in [0.5, 0.6) is 0 Å². The molecule has 2 heterocycles.